The molecule has 1 aromatic carbocycles. The van der Waals surface area contributed by atoms with Gasteiger partial charge >= 0.3 is 0 Å². The maximum Gasteiger partial charge on any atom is 0.122 e. The van der Waals surface area contributed by atoms with Crippen molar-refractivity contribution in [2.24, 2.45) is 0 Å². The maximum absolute atomic E-state index is 5.66. The molecule has 0 aromatic heterocycles. The third kappa shape index (κ3) is 3.95. The Balaban J connectivity index is 2.09. The molecule has 1 aliphatic rings. The second-order valence-corrected chi connectivity index (χ2v) is 5.36. The highest BCUT2D eigenvalue weighted by Crippen LogP contribution is 2.24. The van der Waals surface area contributed by atoms with Gasteiger partial charge in [-0.2, -0.15) is 0 Å². The van der Waals surface area contributed by atoms with Crippen LogP contribution in [0.25, 0.3) is 0 Å². The minimum Gasteiger partial charge on any atom is -0.494 e. The van der Waals surface area contributed by atoms with E-state index >= 15 is 0 Å². The van der Waals surface area contributed by atoms with E-state index < -0.39 is 0 Å². The summed E-state index contributed by atoms with van der Waals surface area (Å²) in [6, 6.07) is 4.48. The van der Waals surface area contributed by atoms with Crippen molar-refractivity contribution in [1.29, 1.82) is 0 Å². The van der Waals surface area contributed by atoms with Crippen LogP contribution >= 0.6 is 0 Å². The molecule has 2 rings (SSSR count). The smallest absolute Gasteiger partial charge is 0.122 e. The number of aryl methyl sites for hydroxylation is 2. The molecule has 0 atom stereocenters. The molecule has 0 spiro atoms. The summed E-state index contributed by atoms with van der Waals surface area (Å²) in [5.74, 6) is 1.03. The minimum absolute atomic E-state index is 0.734. The Hall–Kier alpha value is -1.06. The number of hydrogen-bond donors (Lipinski definition) is 1. The third-order valence-corrected chi connectivity index (χ3v) is 3.76. The normalized spacial score (nSPS) is 17.2. The van der Waals surface area contributed by atoms with Crippen molar-refractivity contribution in [3.8, 4) is 5.75 Å². The summed E-state index contributed by atoms with van der Waals surface area (Å²) in [6.45, 7) is 12.7. The molecule has 1 saturated heterocycles. The summed E-state index contributed by atoms with van der Waals surface area (Å²) in [4.78, 5) is 2.54. The van der Waals surface area contributed by atoms with Gasteiger partial charge in [0, 0.05) is 19.6 Å². The molecule has 1 fully saturated rings. The summed E-state index contributed by atoms with van der Waals surface area (Å²) in [7, 11) is 0. The molecular formula is C16H26N2O. The van der Waals surface area contributed by atoms with Crippen molar-refractivity contribution >= 4 is 0 Å². The quantitative estimate of drug-likeness (QED) is 0.902. The average Bonchev–Trinajstić information content (AvgIpc) is 2.64. The fourth-order valence-corrected chi connectivity index (χ4v) is 2.63. The lowest BCUT2D eigenvalue weighted by Crippen LogP contribution is -2.28. The van der Waals surface area contributed by atoms with Crippen molar-refractivity contribution < 1.29 is 4.74 Å². The van der Waals surface area contributed by atoms with Gasteiger partial charge in [0.15, 0.2) is 0 Å². The molecule has 0 bridgehead atoms. The van der Waals surface area contributed by atoms with Crippen LogP contribution in [0, 0.1) is 13.8 Å². The fourth-order valence-electron chi connectivity index (χ4n) is 2.63. The van der Waals surface area contributed by atoms with Crippen LogP contribution in [-0.2, 0) is 6.54 Å². The first-order valence-corrected chi connectivity index (χ1v) is 7.36. The average molecular weight is 262 g/mol. The minimum atomic E-state index is 0.734. The first-order valence-electron chi connectivity index (χ1n) is 7.36. The van der Waals surface area contributed by atoms with Crippen LogP contribution in [0.2, 0.25) is 0 Å². The summed E-state index contributed by atoms with van der Waals surface area (Å²) < 4.78 is 5.66. The van der Waals surface area contributed by atoms with Gasteiger partial charge in [0.25, 0.3) is 0 Å². The molecule has 19 heavy (non-hydrogen) atoms. The molecule has 106 valence electrons. The van der Waals surface area contributed by atoms with Gasteiger partial charge in [-0.1, -0.05) is 6.07 Å². The summed E-state index contributed by atoms with van der Waals surface area (Å²) in [5, 5.41) is 3.45. The van der Waals surface area contributed by atoms with Crippen LogP contribution in [0.1, 0.15) is 30.0 Å². The SMILES string of the molecule is CCOc1cc(C)c(CN2CCCNCC2)cc1C. The zero-order valence-corrected chi connectivity index (χ0v) is 12.5. The largest absolute Gasteiger partial charge is 0.494 e. The number of nitrogens with zero attached hydrogens (tertiary/aromatic N) is 1. The van der Waals surface area contributed by atoms with E-state index in [0.29, 0.717) is 0 Å². The first-order chi connectivity index (χ1) is 9.20. The maximum atomic E-state index is 5.66. The highest BCUT2D eigenvalue weighted by Gasteiger charge is 2.12. The van der Waals surface area contributed by atoms with Gasteiger partial charge in [-0.05, 0) is 63.0 Å². The van der Waals surface area contributed by atoms with Crippen LogP contribution in [0.15, 0.2) is 12.1 Å². The van der Waals surface area contributed by atoms with Gasteiger partial charge in [-0.25, -0.2) is 0 Å². The Kier molecular flexibility index (Phi) is 5.23. The van der Waals surface area contributed by atoms with Crippen LogP contribution in [-0.4, -0.2) is 37.7 Å². The molecule has 1 aromatic rings. The Morgan fingerprint density at radius 3 is 2.79 bits per heavy atom. The van der Waals surface area contributed by atoms with Gasteiger partial charge in [0.2, 0.25) is 0 Å². The van der Waals surface area contributed by atoms with E-state index in [4.69, 9.17) is 4.74 Å². The molecule has 0 aliphatic carbocycles. The predicted molar refractivity (Wildman–Crippen MR) is 79.8 cm³/mol. The third-order valence-electron chi connectivity index (χ3n) is 3.76. The Morgan fingerprint density at radius 1 is 1.16 bits per heavy atom. The molecule has 0 unspecified atom stereocenters. The molecule has 3 heteroatoms. The van der Waals surface area contributed by atoms with Gasteiger partial charge in [0.1, 0.15) is 5.75 Å². The zero-order valence-electron chi connectivity index (χ0n) is 12.5. The van der Waals surface area contributed by atoms with E-state index in [9.17, 15) is 0 Å². The number of hydrogen-bond acceptors (Lipinski definition) is 3. The lowest BCUT2D eigenvalue weighted by atomic mass is 10.0. The first kappa shape index (κ1) is 14.4. The van der Waals surface area contributed by atoms with Crippen molar-refractivity contribution in [2.75, 3.05) is 32.8 Å². The Bertz CT molecular complexity index is 409. The van der Waals surface area contributed by atoms with Crippen LogP contribution in [0.3, 0.4) is 0 Å². The standard InChI is InChI=1S/C16H26N2O/c1-4-19-16-11-13(2)15(10-14(16)3)12-18-8-5-6-17-7-9-18/h10-11,17H,4-9,12H2,1-3H3. The summed E-state index contributed by atoms with van der Waals surface area (Å²) >= 11 is 0. The number of rotatable bonds is 4. The van der Waals surface area contributed by atoms with E-state index in [0.717, 1.165) is 38.5 Å². The van der Waals surface area contributed by atoms with Crippen LogP contribution < -0.4 is 10.1 Å². The fraction of sp³-hybridized carbons (Fsp3) is 0.625. The second kappa shape index (κ2) is 6.92. The highest BCUT2D eigenvalue weighted by atomic mass is 16.5. The molecule has 0 saturated carbocycles. The van der Waals surface area contributed by atoms with E-state index in [1.54, 1.807) is 0 Å². The monoisotopic (exact) mass is 262 g/mol. The molecule has 1 heterocycles. The number of benzene rings is 1. The number of ether oxygens (including phenoxy) is 1. The van der Waals surface area contributed by atoms with Crippen molar-refractivity contribution in [3.05, 3.63) is 28.8 Å². The van der Waals surface area contributed by atoms with Gasteiger partial charge in [-0.3, -0.25) is 4.90 Å². The van der Waals surface area contributed by atoms with Crippen molar-refractivity contribution in [2.45, 2.75) is 33.7 Å². The zero-order chi connectivity index (χ0) is 13.7. The van der Waals surface area contributed by atoms with Crippen LogP contribution in [0.4, 0.5) is 0 Å². The van der Waals surface area contributed by atoms with Gasteiger partial charge < -0.3 is 10.1 Å². The van der Waals surface area contributed by atoms with E-state index in [2.05, 4.69) is 36.2 Å². The molecule has 3 nitrogen and oxygen atoms in total. The van der Waals surface area contributed by atoms with Gasteiger partial charge in [0.05, 0.1) is 6.61 Å². The Morgan fingerprint density at radius 2 is 2.00 bits per heavy atom. The van der Waals surface area contributed by atoms with Crippen LogP contribution in [0.5, 0.6) is 5.75 Å². The van der Waals surface area contributed by atoms with Gasteiger partial charge in [-0.15, -0.1) is 0 Å². The van der Waals surface area contributed by atoms with E-state index in [1.807, 2.05) is 6.92 Å². The van der Waals surface area contributed by atoms with E-state index in [1.165, 1.54) is 29.7 Å². The summed E-state index contributed by atoms with van der Waals surface area (Å²) in [6.07, 6.45) is 1.25. The Labute approximate surface area is 116 Å². The molecular weight excluding hydrogens is 236 g/mol. The number of nitrogens with one attached hydrogen (secondary N) is 1. The molecule has 0 radical (unpaired) electrons. The second-order valence-electron chi connectivity index (χ2n) is 5.36. The van der Waals surface area contributed by atoms with E-state index in [-0.39, 0.29) is 0 Å². The molecule has 0 amide bonds. The topological polar surface area (TPSA) is 24.5 Å². The molecule has 1 aliphatic heterocycles. The predicted octanol–water partition coefficient (Wildman–Crippen LogP) is 2.50. The van der Waals surface area contributed by atoms with Crippen molar-refractivity contribution in [1.82, 2.24) is 10.2 Å². The lowest BCUT2D eigenvalue weighted by molar-refractivity contribution is 0.283. The van der Waals surface area contributed by atoms with Crippen molar-refractivity contribution in [3.63, 3.8) is 0 Å². The lowest BCUT2D eigenvalue weighted by Gasteiger charge is -2.21. The molecule has 1 N–H and O–H groups in total. The summed E-state index contributed by atoms with van der Waals surface area (Å²) in [5.41, 5.74) is 4.02. The highest BCUT2D eigenvalue weighted by molar-refractivity contribution is 5.41.